The number of aryl methyl sites for hydroxylation is 1. The molecule has 1 aromatic carbocycles. The van der Waals surface area contributed by atoms with Crippen LogP contribution < -0.4 is 5.32 Å². The van der Waals surface area contributed by atoms with E-state index in [0.29, 0.717) is 6.42 Å². The van der Waals surface area contributed by atoms with Gasteiger partial charge in [0.2, 0.25) is 0 Å². The fraction of sp³-hybridized carbons (Fsp3) is 0.462. The smallest absolute Gasteiger partial charge is 0.326 e. The molecule has 110 valence electrons. The normalized spacial score (nSPS) is 12.2. The number of hydrogen-bond donors (Lipinski definition) is 2. The highest BCUT2D eigenvalue weighted by atomic mass is 19.1. The van der Waals surface area contributed by atoms with E-state index in [1.165, 1.54) is 13.0 Å². The summed E-state index contributed by atoms with van der Waals surface area (Å²) in [6.45, 7) is 5.19. The summed E-state index contributed by atoms with van der Waals surface area (Å²) in [6, 6.07) is 1.11. The first-order valence-corrected chi connectivity index (χ1v) is 6.16. The summed E-state index contributed by atoms with van der Waals surface area (Å²) >= 11 is 0. The summed E-state index contributed by atoms with van der Waals surface area (Å²) in [5, 5.41) is 22.4. The Labute approximate surface area is 115 Å². The van der Waals surface area contributed by atoms with E-state index in [-0.39, 0.29) is 22.9 Å². The number of carboxylic acids is 1. The monoisotopic (exact) mass is 284 g/mol. The summed E-state index contributed by atoms with van der Waals surface area (Å²) in [6.07, 6.45) is 0.324. The second-order valence-electron chi connectivity index (χ2n) is 5.04. The molecule has 0 radical (unpaired) electrons. The SMILES string of the molecule is Cc1cc(N[C@H](CC(C)C)C(=O)O)c(F)cc1[N+](=O)[O-]. The van der Waals surface area contributed by atoms with Crippen LogP contribution in [-0.4, -0.2) is 22.0 Å². The third-order valence-corrected chi connectivity index (χ3v) is 2.82. The topological polar surface area (TPSA) is 92.5 Å². The van der Waals surface area contributed by atoms with Crippen LogP contribution in [0.25, 0.3) is 0 Å². The second-order valence-corrected chi connectivity index (χ2v) is 5.04. The van der Waals surface area contributed by atoms with Crippen LogP contribution in [-0.2, 0) is 4.79 Å². The summed E-state index contributed by atoms with van der Waals surface area (Å²) in [7, 11) is 0. The molecule has 7 heteroatoms. The maximum absolute atomic E-state index is 13.8. The molecule has 2 N–H and O–H groups in total. The van der Waals surface area contributed by atoms with Crippen LogP contribution in [0.15, 0.2) is 12.1 Å². The van der Waals surface area contributed by atoms with E-state index >= 15 is 0 Å². The first-order valence-electron chi connectivity index (χ1n) is 6.16. The molecule has 0 fully saturated rings. The minimum absolute atomic E-state index is 0.0406. The van der Waals surface area contributed by atoms with Gasteiger partial charge in [0.05, 0.1) is 16.7 Å². The van der Waals surface area contributed by atoms with Crippen molar-refractivity contribution in [2.24, 2.45) is 5.92 Å². The maximum Gasteiger partial charge on any atom is 0.326 e. The highest BCUT2D eigenvalue weighted by Crippen LogP contribution is 2.26. The van der Waals surface area contributed by atoms with Crippen LogP contribution in [0.4, 0.5) is 15.8 Å². The molecule has 1 aromatic rings. The van der Waals surface area contributed by atoms with Crippen molar-refractivity contribution in [1.29, 1.82) is 0 Å². The fourth-order valence-corrected chi connectivity index (χ4v) is 1.86. The lowest BCUT2D eigenvalue weighted by molar-refractivity contribution is -0.385. The molecule has 0 bridgehead atoms. The zero-order valence-corrected chi connectivity index (χ0v) is 11.5. The third-order valence-electron chi connectivity index (χ3n) is 2.82. The van der Waals surface area contributed by atoms with Crippen LogP contribution in [0, 0.1) is 28.8 Å². The lowest BCUT2D eigenvalue weighted by Gasteiger charge is -2.18. The van der Waals surface area contributed by atoms with E-state index in [4.69, 9.17) is 5.11 Å². The van der Waals surface area contributed by atoms with Crippen molar-refractivity contribution in [3.05, 3.63) is 33.6 Å². The Morgan fingerprint density at radius 2 is 2.10 bits per heavy atom. The Hall–Kier alpha value is -2.18. The van der Waals surface area contributed by atoms with Crippen molar-refractivity contribution in [3.8, 4) is 0 Å². The van der Waals surface area contributed by atoms with E-state index < -0.39 is 22.8 Å². The predicted octanol–water partition coefficient (Wildman–Crippen LogP) is 2.95. The molecule has 0 amide bonds. The summed E-state index contributed by atoms with van der Waals surface area (Å²) in [5.74, 6) is -1.81. The number of aliphatic carboxylic acids is 1. The van der Waals surface area contributed by atoms with Gasteiger partial charge in [0.15, 0.2) is 5.82 Å². The lowest BCUT2D eigenvalue weighted by Crippen LogP contribution is -2.31. The molecular weight excluding hydrogens is 267 g/mol. The van der Waals surface area contributed by atoms with Crippen molar-refractivity contribution in [2.45, 2.75) is 33.2 Å². The average Bonchev–Trinajstić information content (AvgIpc) is 2.31. The number of nitrogens with one attached hydrogen (secondary N) is 1. The molecule has 6 nitrogen and oxygen atoms in total. The van der Waals surface area contributed by atoms with Gasteiger partial charge in [-0.15, -0.1) is 0 Å². The minimum Gasteiger partial charge on any atom is -0.480 e. The molecule has 0 saturated carbocycles. The number of benzene rings is 1. The first kappa shape index (κ1) is 15.9. The van der Waals surface area contributed by atoms with E-state index in [1.807, 2.05) is 13.8 Å². The van der Waals surface area contributed by atoms with Gasteiger partial charge in [-0.25, -0.2) is 9.18 Å². The quantitative estimate of drug-likeness (QED) is 0.619. The molecule has 1 rings (SSSR count). The van der Waals surface area contributed by atoms with Gasteiger partial charge in [-0.05, 0) is 25.3 Å². The van der Waals surface area contributed by atoms with E-state index in [9.17, 15) is 19.3 Å². The number of nitrogens with zero attached hydrogens (tertiary/aromatic N) is 1. The number of carbonyl (C=O) groups is 1. The Morgan fingerprint density at radius 1 is 1.50 bits per heavy atom. The van der Waals surface area contributed by atoms with Gasteiger partial charge in [0, 0.05) is 5.56 Å². The zero-order chi connectivity index (χ0) is 15.4. The Morgan fingerprint density at radius 3 is 2.55 bits per heavy atom. The third kappa shape index (κ3) is 3.91. The molecular formula is C13H17FN2O4. The van der Waals surface area contributed by atoms with Crippen LogP contribution in [0.1, 0.15) is 25.8 Å². The van der Waals surface area contributed by atoms with Crippen molar-refractivity contribution in [1.82, 2.24) is 0 Å². The van der Waals surface area contributed by atoms with Gasteiger partial charge in [0.1, 0.15) is 6.04 Å². The van der Waals surface area contributed by atoms with Crippen LogP contribution in [0.5, 0.6) is 0 Å². The molecule has 20 heavy (non-hydrogen) atoms. The molecule has 0 aliphatic rings. The highest BCUT2D eigenvalue weighted by Gasteiger charge is 2.22. The number of nitro benzene ring substituents is 1. The summed E-state index contributed by atoms with van der Waals surface area (Å²) < 4.78 is 13.8. The average molecular weight is 284 g/mol. The molecule has 0 saturated heterocycles. The summed E-state index contributed by atoms with van der Waals surface area (Å²) in [5.41, 5.74) is -0.0995. The maximum atomic E-state index is 13.8. The lowest BCUT2D eigenvalue weighted by atomic mass is 10.0. The highest BCUT2D eigenvalue weighted by molar-refractivity contribution is 5.77. The Balaban J connectivity index is 3.05. The van der Waals surface area contributed by atoms with Gasteiger partial charge >= 0.3 is 5.97 Å². The number of rotatable bonds is 6. The first-order chi connectivity index (χ1) is 9.22. The van der Waals surface area contributed by atoms with Crippen molar-refractivity contribution in [3.63, 3.8) is 0 Å². The predicted molar refractivity (Wildman–Crippen MR) is 72.3 cm³/mol. The van der Waals surface area contributed by atoms with Gasteiger partial charge in [-0.3, -0.25) is 10.1 Å². The van der Waals surface area contributed by atoms with Crippen molar-refractivity contribution < 1.29 is 19.2 Å². The number of nitro groups is 1. The number of anilines is 1. The van der Waals surface area contributed by atoms with Crippen molar-refractivity contribution >= 4 is 17.3 Å². The van der Waals surface area contributed by atoms with Gasteiger partial charge < -0.3 is 10.4 Å². The van der Waals surface area contributed by atoms with Gasteiger partial charge in [-0.1, -0.05) is 13.8 Å². The molecule has 0 spiro atoms. The van der Waals surface area contributed by atoms with Gasteiger partial charge in [-0.2, -0.15) is 0 Å². The number of carboxylic acid groups (broad SMARTS) is 1. The standard InChI is InChI=1S/C13H17FN2O4/c1-7(2)4-11(13(17)18)15-10-5-8(3)12(16(19)20)6-9(10)14/h5-7,11,15H,4H2,1-3H3,(H,17,18)/t11-/m1/s1. The molecule has 0 unspecified atom stereocenters. The fourth-order valence-electron chi connectivity index (χ4n) is 1.86. The van der Waals surface area contributed by atoms with Gasteiger partial charge in [0.25, 0.3) is 5.69 Å². The minimum atomic E-state index is -1.09. The largest absolute Gasteiger partial charge is 0.480 e. The number of hydrogen-bond acceptors (Lipinski definition) is 4. The van der Waals surface area contributed by atoms with E-state index in [0.717, 1.165) is 6.07 Å². The van der Waals surface area contributed by atoms with Crippen molar-refractivity contribution in [2.75, 3.05) is 5.32 Å². The van der Waals surface area contributed by atoms with Crippen LogP contribution in [0.3, 0.4) is 0 Å². The second kappa shape index (κ2) is 6.31. The molecule has 0 aliphatic heterocycles. The summed E-state index contributed by atoms with van der Waals surface area (Å²) in [4.78, 5) is 21.1. The van der Waals surface area contributed by atoms with Crippen LogP contribution in [0.2, 0.25) is 0 Å². The molecule has 0 aromatic heterocycles. The molecule has 0 aliphatic carbocycles. The molecule has 1 atom stereocenters. The zero-order valence-electron chi connectivity index (χ0n) is 11.5. The van der Waals surface area contributed by atoms with Crippen LogP contribution >= 0.6 is 0 Å². The van der Waals surface area contributed by atoms with E-state index in [2.05, 4.69) is 5.32 Å². The number of halogens is 1. The van der Waals surface area contributed by atoms with E-state index in [1.54, 1.807) is 0 Å². The Kier molecular flexibility index (Phi) is 5.01. The Bertz CT molecular complexity index is 531. The molecule has 0 heterocycles.